The molecule has 0 amide bonds. The Morgan fingerprint density at radius 2 is 1.57 bits per heavy atom. The number of hydrogen-bond donors (Lipinski definition) is 1. The zero-order valence-corrected chi connectivity index (χ0v) is 13.4. The molecule has 2 rings (SSSR count). The quantitative estimate of drug-likeness (QED) is 0.790. The molecular formula is C18H21ClFN. The Bertz CT molecular complexity index is 593. The Labute approximate surface area is 131 Å². The smallest absolute Gasteiger partial charge is 0.141 e. The predicted molar refractivity (Wildman–Crippen MR) is 87.5 cm³/mol. The minimum absolute atomic E-state index is 0.0225. The van der Waals surface area contributed by atoms with Gasteiger partial charge in [0.05, 0.1) is 11.1 Å². The van der Waals surface area contributed by atoms with Crippen molar-refractivity contribution in [3.63, 3.8) is 0 Å². The van der Waals surface area contributed by atoms with Gasteiger partial charge in [0.25, 0.3) is 0 Å². The second-order valence-corrected chi connectivity index (χ2v) is 5.89. The lowest BCUT2D eigenvalue weighted by molar-refractivity contribution is 0.613. The minimum Gasteiger partial charge on any atom is -0.307 e. The van der Waals surface area contributed by atoms with E-state index < -0.39 is 0 Å². The van der Waals surface area contributed by atoms with Crippen LogP contribution in [0, 0.1) is 5.82 Å². The van der Waals surface area contributed by atoms with Gasteiger partial charge in [-0.3, -0.25) is 0 Å². The highest BCUT2D eigenvalue weighted by Crippen LogP contribution is 2.27. The molecule has 1 N–H and O–H groups in total. The van der Waals surface area contributed by atoms with Gasteiger partial charge >= 0.3 is 0 Å². The van der Waals surface area contributed by atoms with E-state index in [0.717, 1.165) is 17.7 Å². The molecule has 0 saturated carbocycles. The van der Waals surface area contributed by atoms with Gasteiger partial charge in [-0.25, -0.2) is 4.39 Å². The van der Waals surface area contributed by atoms with Crippen molar-refractivity contribution in [2.75, 3.05) is 6.54 Å². The van der Waals surface area contributed by atoms with Crippen LogP contribution in [0.15, 0.2) is 42.5 Å². The average Bonchev–Trinajstić information content (AvgIpc) is 2.48. The van der Waals surface area contributed by atoms with Crippen molar-refractivity contribution in [3.8, 4) is 0 Å². The van der Waals surface area contributed by atoms with Crippen LogP contribution in [0.1, 0.15) is 49.4 Å². The SMILES string of the molecule is CCNC(c1ccc(C(C)C)cc1)c1ccc(F)c(Cl)c1. The topological polar surface area (TPSA) is 12.0 Å². The standard InChI is InChI=1S/C18H21ClFN/c1-4-21-18(15-9-10-17(20)16(19)11-15)14-7-5-13(6-8-14)12(2)3/h5-12,18,21H,4H2,1-3H3. The van der Waals surface area contributed by atoms with Crippen LogP contribution in [0.3, 0.4) is 0 Å². The maximum atomic E-state index is 13.3. The Morgan fingerprint density at radius 3 is 2.10 bits per heavy atom. The van der Waals surface area contributed by atoms with Crippen LogP contribution < -0.4 is 5.32 Å². The molecular weight excluding hydrogens is 285 g/mol. The van der Waals surface area contributed by atoms with Crippen LogP contribution in [0.5, 0.6) is 0 Å². The Morgan fingerprint density at radius 1 is 1.00 bits per heavy atom. The molecule has 2 aromatic rings. The third-order valence-electron chi connectivity index (χ3n) is 3.62. The van der Waals surface area contributed by atoms with Crippen molar-refractivity contribution in [2.45, 2.75) is 32.7 Å². The van der Waals surface area contributed by atoms with E-state index in [4.69, 9.17) is 11.6 Å². The third kappa shape index (κ3) is 3.84. The van der Waals surface area contributed by atoms with Gasteiger partial charge < -0.3 is 5.32 Å². The summed E-state index contributed by atoms with van der Waals surface area (Å²) in [5.74, 6) is 0.128. The highest BCUT2D eigenvalue weighted by molar-refractivity contribution is 6.30. The zero-order chi connectivity index (χ0) is 15.4. The summed E-state index contributed by atoms with van der Waals surface area (Å²) in [5, 5.41) is 3.59. The molecule has 1 nitrogen and oxygen atoms in total. The van der Waals surface area contributed by atoms with Crippen molar-refractivity contribution in [1.82, 2.24) is 5.32 Å². The predicted octanol–water partition coefficient (Wildman–Crippen LogP) is 5.30. The van der Waals surface area contributed by atoms with Crippen molar-refractivity contribution < 1.29 is 4.39 Å². The summed E-state index contributed by atoms with van der Waals surface area (Å²) in [6, 6.07) is 13.5. The first-order valence-electron chi connectivity index (χ1n) is 7.31. The van der Waals surface area contributed by atoms with Crippen LogP contribution in [-0.2, 0) is 0 Å². The fraction of sp³-hybridized carbons (Fsp3) is 0.333. The van der Waals surface area contributed by atoms with Gasteiger partial charge in [0.15, 0.2) is 0 Å². The summed E-state index contributed by atoms with van der Waals surface area (Å²) in [4.78, 5) is 0. The lowest BCUT2D eigenvalue weighted by Gasteiger charge is -2.20. The molecule has 0 aliphatic heterocycles. The molecule has 0 bridgehead atoms. The highest BCUT2D eigenvalue weighted by Gasteiger charge is 2.14. The first-order valence-corrected chi connectivity index (χ1v) is 7.69. The monoisotopic (exact) mass is 305 g/mol. The van der Waals surface area contributed by atoms with Crippen molar-refractivity contribution in [1.29, 1.82) is 0 Å². The Kier molecular flexibility index (Phi) is 5.38. The van der Waals surface area contributed by atoms with Crippen LogP contribution in [0.25, 0.3) is 0 Å². The molecule has 0 fully saturated rings. The van der Waals surface area contributed by atoms with Crippen molar-refractivity contribution in [2.24, 2.45) is 0 Å². The molecule has 0 aliphatic rings. The van der Waals surface area contributed by atoms with E-state index in [-0.39, 0.29) is 16.9 Å². The summed E-state index contributed by atoms with van der Waals surface area (Å²) in [6.07, 6.45) is 0. The molecule has 0 saturated heterocycles. The number of benzene rings is 2. The molecule has 1 atom stereocenters. The first-order chi connectivity index (χ1) is 10.0. The van der Waals surface area contributed by atoms with Crippen molar-refractivity contribution >= 4 is 11.6 Å². The molecule has 112 valence electrons. The Hall–Kier alpha value is -1.38. The number of rotatable bonds is 5. The molecule has 21 heavy (non-hydrogen) atoms. The fourth-order valence-corrected chi connectivity index (χ4v) is 2.59. The van der Waals surface area contributed by atoms with E-state index in [2.05, 4.69) is 50.4 Å². The second-order valence-electron chi connectivity index (χ2n) is 5.49. The fourth-order valence-electron chi connectivity index (χ4n) is 2.40. The number of hydrogen-bond acceptors (Lipinski definition) is 1. The second kappa shape index (κ2) is 7.06. The lowest BCUT2D eigenvalue weighted by Crippen LogP contribution is -2.22. The van der Waals surface area contributed by atoms with Gasteiger partial charge in [0, 0.05) is 0 Å². The molecule has 1 unspecified atom stereocenters. The van der Waals surface area contributed by atoms with E-state index in [1.54, 1.807) is 12.1 Å². The lowest BCUT2D eigenvalue weighted by atomic mass is 9.95. The van der Waals surface area contributed by atoms with Crippen molar-refractivity contribution in [3.05, 3.63) is 70.0 Å². The molecule has 0 heterocycles. The van der Waals surface area contributed by atoms with E-state index in [1.165, 1.54) is 11.6 Å². The largest absolute Gasteiger partial charge is 0.307 e. The van der Waals surface area contributed by atoms with Gasteiger partial charge in [0.2, 0.25) is 0 Å². The van der Waals surface area contributed by atoms with E-state index >= 15 is 0 Å². The van der Waals surface area contributed by atoms with Gasteiger partial charge in [-0.1, -0.05) is 62.7 Å². The van der Waals surface area contributed by atoms with Gasteiger partial charge in [-0.2, -0.15) is 0 Å². The first kappa shape index (κ1) is 16.0. The summed E-state index contributed by atoms with van der Waals surface area (Å²) < 4.78 is 13.3. The molecule has 0 aromatic heterocycles. The van der Waals surface area contributed by atoms with Crippen LogP contribution in [0.2, 0.25) is 5.02 Å². The minimum atomic E-state index is -0.383. The normalized spacial score (nSPS) is 12.7. The van der Waals surface area contributed by atoms with E-state index in [0.29, 0.717) is 5.92 Å². The summed E-state index contributed by atoms with van der Waals surface area (Å²) >= 11 is 5.91. The summed E-state index contributed by atoms with van der Waals surface area (Å²) in [7, 11) is 0. The van der Waals surface area contributed by atoms with Gasteiger partial charge in [-0.15, -0.1) is 0 Å². The third-order valence-corrected chi connectivity index (χ3v) is 3.91. The Balaban J connectivity index is 2.35. The maximum Gasteiger partial charge on any atom is 0.141 e. The summed E-state index contributed by atoms with van der Waals surface area (Å²) in [6.45, 7) is 7.24. The molecule has 3 heteroatoms. The van der Waals surface area contributed by atoms with Gasteiger partial charge in [0.1, 0.15) is 5.82 Å². The number of nitrogens with one attached hydrogen (secondary N) is 1. The van der Waals surface area contributed by atoms with Crippen LogP contribution in [0.4, 0.5) is 4.39 Å². The van der Waals surface area contributed by atoms with Gasteiger partial charge in [-0.05, 0) is 41.3 Å². The van der Waals surface area contributed by atoms with E-state index in [9.17, 15) is 4.39 Å². The van der Waals surface area contributed by atoms with Crippen LogP contribution in [-0.4, -0.2) is 6.54 Å². The molecule has 0 spiro atoms. The molecule has 0 radical (unpaired) electrons. The highest BCUT2D eigenvalue weighted by atomic mass is 35.5. The molecule has 2 aromatic carbocycles. The number of halogens is 2. The zero-order valence-electron chi connectivity index (χ0n) is 12.7. The summed E-state index contributed by atoms with van der Waals surface area (Å²) in [5.41, 5.74) is 3.44. The average molecular weight is 306 g/mol. The molecule has 0 aliphatic carbocycles. The van der Waals surface area contributed by atoms with Crippen LogP contribution >= 0.6 is 11.6 Å². The van der Waals surface area contributed by atoms with E-state index in [1.807, 2.05) is 0 Å². The maximum absolute atomic E-state index is 13.3.